The van der Waals surface area contributed by atoms with Crippen LogP contribution in [-0.2, 0) is 5.41 Å². The minimum atomic E-state index is -0.328. The van der Waals surface area contributed by atoms with Gasteiger partial charge in [0.15, 0.2) is 11.5 Å². The van der Waals surface area contributed by atoms with Crippen LogP contribution in [0.2, 0.25) is 0 Å². The van der Waals surface area contributed by atoms with Crippen LogP contribution in [0.5, 0.6) is 17.2 Å². The second-order valence-electron chi connectivity index (χ2n) is 7.99. The molecule has 29 heavy (non-hydrogen) atoms. The molecule has 5 nitrogen and oxygen atoms in total. The molecule has 5 heteroatoms. The van der Waals surface area contributed by atoms with Gasteiger partial charge in [-0.25, -0.2) is 0 Å². The Morgan fingerprint density at radius 2 is 1.90 bits per heavy atom. The van der Waals surface area contributed by atoms with Crippen LogP contribution in [0.4, 0.5) is 0 Å². The summed E-state index contributed by atoms with van der Waals surface area (Å²) in [5.74, 6) is 2.81. The molecule has 0 aromatic heterocycles. The number of hydrogen-bond donors (Lipinski definition) is 0. The minimum Gasteiger partial charge on any atom is -0.492 e. The zero-order chi connectivity index (χ0) is 20.1. The van der Waals surface area contributed by atoms with E-state index in [1.165, 1.54) is 18.4 Å². The SMILES string of the molecule is CN(CCCC(C#N)(c1ccccc1)C1CC1)CCOc1ccc2c(c1)OCO2. The fourth-order valence-corrected chi connectivity index (χ4v) is 4.13. The highest BCUT2D eigenvalue weighted by molar-refractivity contribution is 5.46. The number of likely N-dealkylation sites (N-methyl/N-ethyl adjacent to an activating group) is 1. The van der Waals surface area contributed by atoms with Gasteiger partial charge in [-0.05, 0) is 62.9 Å². The maximum atomic E-state index is 10.0. The topological polar surface area (TPSA) is 54.7 Å². The molecule has 152 valence electrons. The number of nitrogens with zero attached hydrogens (tertiary/aromatic N) is 2. The number of hydrogen-bond acceptors (Lipinski definition) is 5. The fraction of sp³-hybridized carbons (Fsp3) is 0.458. The van der Waals surface area contributed by atoms with E-state index in [9.17, 15) is 5.26 Å². The van der Waals surface area contributed by atoms with Crippen molar-refractivity contribution in [2.24, 2.45) is 5.92 Å². The van der Waals surface area contributed by atoms with E-state index >= 15 is 0 Å². The predicted octanol–water partition coefficient (Wildman–Crippen LogP) is 4.38. The lowest BCUT2D eigenvalue weighted by atomic mass is 9.74. The Bertz CT molecular complexity index is 860. The molecule has 1 unspecified atom stereocenters. The van der Waals surface area contributed by atoms with E-state index in [1.54, 1.807) is 0 Å². The monoisotopic (exact) mass is 392 g/mol. The molecule has 0 amide bonds. The second kappa shape index (κ2) is 8.75. The molecule has 1 heterocycles. The molecule has 2 aromatic rings. The average molecular weight is 392 g/mol. The van der Waals surface area contributed by atoms with Crippen LogP contribution < -0.4 is 14.2 Å². The Morgan fingerprint density at radius 1 is 1.10 bits per heavy atom. The third-order valence-electron chi connectivity index (χ3n) is 5.96. The zero-order valence-electron chi connectivity index (χ0n) is 17.0. The lowest BCUT2D eigenvalue weighted by molar-refractivity contribution is 0.173. The smallest absolute Gasteiger partial charge is 0.231 e. The molecule has 1 fully saturated rings. The largest absolute Gasteiger partial charge is 0.492 e. The van der Waals surface area contributed by atoms with Crippen molar-refractivity contribution in [2.75, 3.05) is 33.5 Å². The summed E-state index contributed by atoms with van der Waals surface area (Å²) in [5, 5.41) is 10.0. The van der Waals surface area contributed by atoms with E-state index < -0.39 is 0 Å². The van der Waals surface area contributed by atoms with Crippen molar-refractivity contribution < 1.29 is 14.2 Å². The maximum Gasteiger partial charge on any atom is 0.231 e. The van der Waals surface area contributed by atoms with Gasteiger partial charge >= 0.3 is 0 Å². The number of benzene rings is 2. The van der Waals surface area contributed by atoms with Crippen molar-refractivity contribution in [3.8, 4) is 23.3 Å². The summed E-state index contributed by atoms with van der Waals surface area (Å²) in [4.78, 5) is 2.27. The van der Waals surface area contributed by atoms with Gasteiger partial charge in [0.2, 0.25) is 6.79 Å². The molecule has 0 radical (unpaired) electrons. The van der Waals surface area contributed by atoms with Crippen molar-refractivity contribution in [3.05, 3.63) is 54.1 Å². The van der Waals surface area contributed by atoms with Crippen LogP contribution in [0, 0.1) is 17.2 Å². The number of rotatable bonds is 10. The van der Waals surface area contributed by atoms with E-state index in [-0.39, 0.29) is 12.2 Å². The van der Waals surface area contributed by atoms with Crippen LogP contribution >= 0.6 is 0 Å². The van der Waals surface area contributed by atoms with Crippen molar-refractivity contribution in [2.45, 2.75) is 31.1 Å². The summed E-state index contributed by atoms with van der Waals surface area (Å²) in [6.45, 7) is 2.67. The molecule has 1 aliphatic carbocycles. The van der Waals surface area contributed by atoms with Gasteiger partial charge in [-0.2, -0.15) is 5.26 Å². The van der Waals surface area contributed by atoms with Gasteiger partial charge in [0.1, 0.15) is 12.4 Å². The predicted molar refractivity (Wildman–Crippen MR) is 111 cm³/mol. The molecule has 2 aromatic carbocycles. The van der Waals surface area contributed by atoms with Gasteiger partial charge in [-0.1, -0.05) is 30.3 Å². The number of ether oxygens (including phenoxy) is 3. The third-order valence-corrected chi connectivity index (χ3v) is 5.96. The van der Waals surface area contributed by atoms with Crippen LogP contribution in [0.25, 0.3) is 0 Å². The molecule has 4 rings (SSSR count). The van der Waals surface area contributed by atoms with Crippen molar-refractivity contribution >= 4 is 0 Å². The van der Waals surface area contributed by atoms with Gasteiger partial charge < -0.3 is 19.1 Å². The Kier molecular flexibility index (Phi) is 5.92. The molecule has 0 bridgehead atoms. The van der Waals surface area contributed by atoms with Crippen molar-refractivity contribution in [1.82, 2.24) is 4.90 Å². The maximum absolute atomic E-state index is 10.0. The van der Waals surface area contributed by atoms with E-state index in [4.69, 9.17) is 14.2 Å². The molecule has 1 saturated carbocycles. The van der Waals surface area contributed by atoms with Crippen LogP contribution in [0.15, 0.2) is 48.5 Å². The van der Waals surface area contributed by atoms with Crippen LogP contribution in [0.1, 0.15) is 31.2 Å². The molecular formula is C24H28N2O3. The molecule has 0 N–H and O–H groups in total. The molecule has 1 atom stereocenters. The summed E-state index contributed by atoms with van der Waals surface area (Å²) < 4.78 is 16.6. The number of fused-ring (bicyclic) bond motifs is 1. The van der Waals surface area contributed by atoms with Gasteiger partial charge in [-0.15, -0.1) is 0 Å². The van der Waals surface area contributed by atoms with Crippen LogP contribution in [-0.4, -0.2) is 38.4 Å². The fourth-order valence-electron chi connectivity index (χ4n) is 4.13. The highest BCUT2D eigenvalue weighted by Gasteiger charge is 2.46. The van der Waals surface area contributed by atoms with E-state index in [2.05, 4.69) is 30.1 Å². The standard InChI is InChI=1S/C24H28N2O3/c1-26(14-15-27-21-10-11-22-23(16-21)29-18-28-22)13-5-12-24(17-25,20-8-9-20)19-6-3-2-4-7-19/h2-4,6-7,10-11,16,20H,5,8-9,12-15,18H2,1H3. The second-order valence-corrected chi connectivity index (χ2v) is 7.99. The first-order valence-corrected chi connectivity index (χ1v) is 10.4. The Morgan fingerprint density at radius 3 is 2.66 bits per heavy atom. The highest BCUT2D eigenvalue weighted by Crippen LogP contribution is 2.49. The first kappa shape index (κ1) is 19.6. The van der Waals surface area contributed by atoms with Gasteiger partial charge in [0, 0.05) is 12.6 Å². The Labute approximate surface area is 172 Å². The third kappa shape index (κ3) is 4.49. The molecule has 2 aliphatic rings. The molecule has 0 spiro atoms. The molecule has 0 saturated heterocycles. The van der Waals surface area contributed by atoms with E-state index in [0.29, 0.717) is 12.5 Å². The van der Waals surface area contributed by atoms with E-state index in [1.807, 2.05) is 36.4 Å². The van der Waals surface area contributed by atoms with Crippen molar-refractivity contribution in [1.29, 1.82) is 5.26 Å². The summed E-state index contributed by atoms with van der Waals surface area (Å²) in [7, 11) is 2.11. The first-order chi connectivity index (χ1) is 14.2. The quantitative estimate of drug-likeness (QED) is 0.601. The highest BCUT2D eigenvalue weighted by atomic mass is 16.7. The van der Waals surface area contributed by atoms with E-state index in [0.717, 1.165) is 43.2 Å². The average Bonchev–Trinajstić information content (AvgIpc) is 3.50. The minimum absolute atomic E-state index is 0.273. The summed E-state index contributed by atoms with van der Waals surface area (Å²) in [5.41, 5.74) is 0.851. The summed E-state index contributed by atoms with van der Waals surface area (Å²) in [6, 6.07) is 18.7. The van der Waals surface area contributed by atoms with Gasteiger partial charge in [0.25, 0.3) is 0 Å². The molecular weight excluding hydrogens is 364 g/mol. The lowest BCUT2D eigenvalue weighted by Crippen LogP contribution is -2.30. The lowest BCUT2D eigenvalue weighted by Gasteiger charge is -2.28. The molecule has 1 aliphatic heterocycles. The Hall–Kier alpha value is -2.71. The van der Waals surface area contributed by atoms with Crippen molar-refractivity contribution in [3.63, 3.8) is 0 Å². The zero-order valence-corrected chi connectivity index (χ0v) is 17.0. The van der Waals surface area contributed by atoms with Crippen LogP contribution in [0.3, 0.4) is 0 Å². The van der Waals surface area contributed by atoms with Gasteiger partial charge in [0.05, 0.1) is 11.5 Å². The summed E-state index contributed by atoms with van der Waals surface area (Å²) >= 11 is 0. The van der Waals surface area contributed by atoms with Gasteiger partial charge in [-0.3, -0.25) is 0 Å². The summed E-state index contributed by atoms with van der Waals surface area (Å²) in [6.07, 6.45) is 4.24. The normalized spacial score (nSPS) is 17.0. The first-order valence-electron chi connectivity index (χ1n) is 10.4. The Balaban J connectivity index is 1.24. The number of nitriles is 1.